The first-order chi connectivity index (χ1) is 7.28. The van der Waals surface area contributed by atoms with Crippen LogP contribution in [0.25, 0.3) is 0 Å². The van der Waals surface area contributed by atoms with Crippen LogP contribution in [0.1, 0.15) is 54.4 Å². The highest BCUT2D eigenvalue weighted by atomic mass is 16.2. The van der Waals surface area contributed by atoms with E-state index >= 15 is 0 Å². The van der Waals surface area contributed by atoms with E-state index in [4.69, 9.17) is 0 Å². The van der Waals surface area contributed by atoms with Crippen molar-refractivity contribution in [3.8, 4) is 0 Å². The van der Waals surface area contributed by atoms with Crippen LogP contribution in [0.4, 0.5) is 0 Å². The molecule has 94 valence electrons. The van der Waals surface area contributed by atoms with Gasteiger partial charge in [0.15, 0.2) is 0 Å². The molecule has 0 aromatic heterocycles. The number of hydrogen-bond acceptors (Lipinski definition) is 1. The molecule has 0 aromatic rings. The van der Waals surface area contributed by atoms with E-state index in [0.717, 1.165) is 13.0 Å². The predicted octanol–water partition coefficient (Wildman–Crippen LogP) is 3.32. The molecule has 1 aliphatic rings. The lowest BCUT2D eigenvalue weighted by molar-refractivity contribution is -0.148. The van der Waals surface area contributed by atoms with Crippen LogP contribution in [0, 0.1) is 17.3 Å². The molecule has 1 fully saturated rings. The lowest BCUT2D eigenvalue weighted by Crippen LogP contribution is -2.59. The fraction of sp³-hybridized carbons (Fsp3) is 0.929. The second-order valence-electron chi connectivity index (χ2n) is 6.41. The summed E-state index contributed by atoms with van der Waals surface area (Å²) < 4.78 is 0. The molecule has 0 spiro atoms. The zero-order valence-electron chi connectivity index (χ0n) is 11.7. The van der Waals surface area contributed by atoms with Gasteiger partial charge in [0.2, 0.25) is 5.91 Å². The van der Waals surface area contributed by atoms with Gasteiger partial charge in [-0.25, -0.2) is 0 Å². The van der Waals surface area contributed by atoms with E-state index in [0.29, 0.717) is 23.3 Å². The third-order valence-electron chi connectivity index (χ3n) is 4.04. The summed E-state index contributed by atoms with van der Waals surface area (Å²) in [5.41, 5.74) is 0.356. The maximum atomic E-state index is 12.0. The molecule has 1 heterocycles. The molecule has 0 saturated carbocycles. The number of hydrogen-bond donors (Lipinski definition) is 0. The third kappa shape index (κ3) is 2.78. The molecule has 2 heteroatoms. The maximum absolute atomic E-state index is 12.0. The number of nitrogens with zero attached hydrogens (tertiary/aromatic N) is 1. The van der Waals surface area contributed by atoms with Crippen molar-refractivity contribution >= 4 is 5.91 Å². The Morgan fingerprint density at radius 1 is 1.44 bits per heavy atom. The van der Waals surface area contributed by atoms with E-state index < -0.39 is 0 Å². The van der Waals surface area contributed by atoms with Crippen molar-refractivity contribution in [2.45, 2.75) is 60.4 Å². The molecule has 1 rings (SSSR count). The Hall–Kier alpha value is -0.530. The summed E-state index contributed by atoms with van der Waals surface area (Å²) in [6, 6.07) is 0.477. The molecule has 2 unspecified atom stereocenters. The molecule has 0 aromatic carbocycles. The second-order valence-corrected chi connectivity index (χ2v) is 6.41. The Morgan fingerprint density at radius 2 is 2.00 bits per heavy atom. The smallest absolute Gasteiger partial charge is 0.225 e. The van der Waals surface area contributed by atoms with Crippen LogP contribution in [0.5, 0.6) is 0 Å². The van der Waals surface area contributed by atoms with Crippen molar-refractivity contribution in [1.29, 1.82) is 0 Å². The fourth-order valence-electron chi connectivity index (χ4n) is 2.34. The molecule has 1 aliphatic heterocycles. The van der Waals surface area contributed by atoms with Crippen LogP contribution in [-0.2, 0) is 4.79 Å². The van der Waals surface area contributed by atoms with Gasteiger partial charge in [0, 0.05) is 18.5 Å². The van der Waals surface area contributed by atoms with Crippen molar-refractivity contribution in [3.05, 3.63) is 0 Å². The van der Waals surface area contributed by atoms with E-state index in [2.05, 4.69) is 32.6 Å². The van der Waals surface area contributed by atoms with Crippen LogP contribution < -0.4 is 0 Å². The maximum Gasteiger partial charge on any atom is 0.225 e. The van der Waals surface area contributed by atoms with Gasteiger partial charge in [0.1, 0.15) is 0 Å². The van der Waals surface area contributed by atoms with Gasteiger partial charge < -0.3 is 4.90 Å². The fourth-order valence-corrected chi connectivity index (χ4v) is 2.34. The summed E-state index contributed by atoms with van der Waals surface area (Å²) in [7, 11) is 0. The highest BCUT2D eigenvalue weighted by molar-refractivity contribution is 5.79. The van der Waals surface area contributed by atoms with E-state index in [9.17, 15) is 4.79 Å². The molecule has 1 saturated heterocycles. The Morgan fingerprint density at radius 3 is 2.38 bits per heavy atom. The minimum absolute atomic E-state index is 0.139. The average molecular weight is 225 g/mol. The highest BCUT2D eigenvalue weighted by Crippen LogP contribution is 2.37. The van der Waals surface area contributed by atoms with Crippen molar-refractivity contribution in [3.63, 3.8) is 0 Å². The standard InChI is InChI=1S/C14H27NO/c1-7-14(5,6)8-12-11(4)9-15(12)13(16)10(2)3/h10-12H,7-9H2,1-6H3. The van der Waals surface area contributed by atoms with Gasteiger partial charge in [0.05, 0.1) is 0 Å². The number of likely N-dealkylation sites (tertiary alicyclic amines) is 1. The first-order valence-corrected chi connectivity index (χ1v) is 6.59. The Kier molecular flexibility index (Phi) is 4.03. The topological polar surface area (TPSA) is 20.3 Å². The highest BCUT2D eigenvalue weighted by Gasteiger charge is 2.41. The largest absolute Gasteiger partial charge is 0.339 e. The van der Waals surface area contributed by atoms with Crippen molar-refractivity contribution in [2.75, 3.05) is 6.54 Å². The summed E-state index contributed by atoms with van der Waals surface area (Å²) in [4.78, 5) is 14.1. The summed E-state index contributed by atoms with van der Waals surface area (Å²) in [5.74, 6) is 1.14. The van der Waals surface area contributed by atoms with Gasteiger partial charge in [-0.2, -0.15) is 0 Å². The van der Waals surface area contributed by atoms with Crippen LogP contribution in [-0.4, -0.2) is 23.4 Å². The van der Waals surface area contributed by atoms with Crippen LogP contribution in [0.2, 0.25) is 0 Å². The van der Waals surface area contributed by atoms with Gasteiger partial charge in [-0.05, 0) is 17.8 Å². The van der Waals surface area contributed by atoms with Crippen LogP contribution >= 0.6 is 0 Å². The Bertz CT molecular complexity index is 257. The molecule has 2 atom stereocenters. The lowest BCUT2D eigenvalue weighted by Gasteiger charge is -2.50. The third-order valence-corrected chi connectivity index (χ3v) is 4.04. The van der Waals surface area contributed by atoms with Gasteiger partial charge >= 0.3 is 0 Å². The van der Waals surface area contributed by atoms with E-state index in [1.165, 1.54) is 6.42 Å². The van der Waals surface area contributed by atoms with Gasteiger partial charge in [0.25, 0.3) is 0 Å². The van der Waals surface area contributed by atoms with Crippen molar-refractivity contribution < 1.29 is 4.79 Å². The molecule has 0 aliphatic carbocycles. The van der Waals surface area contributed by atoms with E-state index in [1.807, 2.05) is 13.8 Å². The zero-order chi connectivity index (χ0) is 12.5. The zero-order valence-corrected chi connectivity index (χ0v) is 11.7. The van der Waals surface area contributed by atoms with E-state index in [1.54, 1.807) is 0 Å². The summed E-state index contributed by atoms with van der Waals surface area (Å²) in [6.45, 7) is 14.0. The minimum Gasteiger partial charge on any atom is -0.339 e. The number of carbonyl (C=O) groups excluding carboxylic acids is 1. The summed E-state index contributed by atoms with van der Waals surface area (Å²) >= 11 is 0. The molecule has 0 N–H and O–H groups in total. The van der Waals surface area contributed by atoms with Gasteiger partial charge in [-0.15, -0.1) is 0 Å². The molecule has 16 heavy (non-hydrogen) atoms. The monoisotopic (exact) mass is 225 g/mol. The summed E-state index contributed by atoms with van der Waals surface area (Å²) in [6.07, 6.45) is 2.32. The molecular formula is C14H27NO. The first kappa shape index (κ1) is 13.5. The molecule has 0 bridgehead atoms. The SMILES string of the molecule is CCC(C)(C)CC1C(C)CN1C(=O)C(C)C. The van der Waals surface area contributed by atoms with Crippen LogP contribution in [0.15, 0.2) is 0 Å². The first-order valence-electron chi connectivity index (χ1n) is 6.59. The lowest BCUT2D eigenvalue weighted by atomic mass is 9.75. The molecule has 2 nitrogen and oxygen atoms in total. The van der Waals surface area contributed by atoms with Crippen LogP contribution in [0.3, 0.4) is 0 Å². The second kappa shape index (κ2) is 4.77. The van der Waals surface area contributed by atoms with Gasteiger partial charge in [-0.3, -0.25) is 4.79 Å². The predicted molar refractivity (Wildman–Crippen MR) is 68.2 cm³/mol. The number of carbonyl (C=O) groups is 1. The average Bonchev–Trinajstić information content (AvgIpc) is 2.21. The number of rotatable bonds is 4. The van der Waals surface area contributed by atoms with Crippen molar-refractivity contribution in [2.24, 2.45) is 17.3 Å². The summed E-state index contributed by atoms with van der Waals surface area (Å²) in [5, 5.41) is 0. The minimum atomic E-state index is 0.139. The molecule has 0 radical (unpaired) electrons. The van der Waals surface area contributed by atoms with E-state index in [-0.39, 0.29) is 5.92 Å². The Labute approximate surface area is 100 Å². The van der Waals surface area contributed by atoms with Gasteiger partial charge in [-0.1, -0.05) is 48.0 Å². The molecular weight excluding hydrogens is 198 g/mol. The molecule has 1 amide bonds. The quantitative estimate of drug-likeness (QED) is 0.719. The Balaban J connectivity index is 2.61. The number of amides is 1. The normalized spacial score (nSPS) is 25.8. The van der Waals surface area contributed by atoms with Crippen molar-refractivity contribution in [1.82, 2.24) is 4.90 Å².